The van der Waals surface area contributed by atoms with Gasteiger partial charge in [-0.25, -0.2) is 4.39 Å². The molecule has 1 heterocycles. The highest BCUT2D eigenvalue weighted by Gasteiger charge is 2.30. The molecule has 0 bridgehead atoms. The number of thioether (sulfide) groups is 1. The Morgan fingerprint density at radius 3 is 2.40 bits per heavy atom. The van der Waals surface area contributed by atoms with Crippen molar-refractivity contribution in [1.82, 2.24) is 4.98 Å². The molecule has 0 fully saturated rings. The maximum atomic E-state index is 15.1. The van der Waals surface area contributed by atoms with Crippen molar-refractivity contribution in [3.05, 3.63) is 77.2 Å². The molecule has 0 radical (unpaired) electrons. The normalized spacial score (nSPS) is 11.4. The summed E-state index contributed by atoms with van der Waals surface area (Å²) in [5.41, 5.74) is 0.855. The summed E-state index contributed by atoms with van der Waals surface area (Å²) in [6, 6.07) is 14.7. The van der Waals surface area contributed by atoms with Crippen LogP contribution < -0.4 is 9.47 Å². The topological polar surface area (TPSA) is 130 Å². The fourth-order valence-electron chi connectivity index (χ4n) is 2.74. The second-order valence-electron chi connectivity index (χ2n) is 6.86. The maximum absolute atomic E-state index is 15.1. The van der Waals surface area contributed by atoms with E-state index in [0.717, 1.165) is 5.56 Å². The molecule has 0 aliphatic heterocycles. The Kier molecular flexibility index (Phi) is 8.17. The lowest BCUT2D eigenvalue weighted by atomic mass is 10.2. The van der Waals surface area contributed by atoms with Crippen molar-refractivity contribution in [3.8, 4) is 23.4 Å². The van der Waals surface area contributed by atoms with E-state index in [1.165, 1.54) is 18.2 Å². The number of rotatable bonds is 10. The van der Waals surface area contributed by atoms with Crippen LogP contribution in [-0.4, -0.2) is 32.4 Å². The van der Waals surface area contributed by atoms with E-state index in [9.17, 15) is 23.6 Å². The fourth-order valence-corrected chi connectivity index (χ4v) is 3.73. The van der Waals surface area contributed by atoms with E-state index in [1.807, 2.05) is 6.07 Å². The molecule has 0 amide bonds. The van der Waals surface area contributed by atoms with Crippen LogP contribution in [0.1, 0.15) is 17.5 Å². The molecule has 0 saturated carbocycles. The first-order chi connectivity index (χ1) is 16.7. The Morgan fingerprint density at radius 2 is 1.77 bits per heavy atom. The molecule has 1 aromatic heterocycles. The first kappa shape index (κ1) is 25.4. The highest BCUT2D eigenvalue weighted by Crippen LogP contribution is 2.39. The number of hydrogen-bond acceptors (Lipinski definition) is 7. The quantitative estimate of drug-likeness (QED) is 0.296. The van der Waals surface area contributed by atoms with Crippen LogP contribution in [0.3, 0.4) is 0 Å². The zero-order valence-corrected chi connectivity index (χ0v) is 18.4. The van der Waals surface area contributed by atoms with E-state index < -0.39 is 52.0 Å². The van der Waals surface area contributed by atoms with Gasteiger partial charge in [0.25, 0.3) is 11.8 Å². The van der Waals surface area contributed by atoms with Crippen molar-refractivity contribution in [2.24, 2.45) is 0 Å². The molecule has 3 aromatic rings. The number of benzene rings is 2. The van der Waals surface area contributed by atoms with Gasteiger partial charge < -0.3 is 19.7 Å². The number of pyridine rings is 1. The van der Waals surface area contributed by atoms with E-state index in [4.69, 9.17) is 19.7 Å². The number of aliphatic carboxylic acids is 2. The van der Waals surface area contributed by atoms with Crippen molar-refractivity contribution in [2.75, 3.05) is 0 Å². The van der Waals surface area contributed by atoms with Crippen LogP contribution in [0.15, 0.2) is 53.4 Å². The molecule has 0 aliphatic rings. The summed E-state index contributed by atoms with van der Waals surface area (Å²) in [5.74, 6) is -9.64. The zero-order valence-electron chi connectivity index (χ0n) is 17.6. The lowest BCUT2D eigenvalue weighted by molar-refractivity contribution is -0.142. The molecule has 1 atom stereocenters. The second kappa shape index (κ2) is 11.3. The third-order valence-electron chi connectivity index (χ3n) is 4.38. The number of carbonyl (C=O) groups is 2. The van der Waals surface area contributed by atoms with Gasteiger partial charge in [-0.1, -0.05) is 30.3 Å². The largest absolute Gasteiger partial charge is 0.485 e. The molecule has 0 saturated heterocycles. The second-order valence-corrected chi connectivity index (χ2v) is 8.07. The molecule has 8 nitrogen and oxygen atoms in total. The van der Waals surface area contributed by atoms with Crippen LogP contribution in [0.5, 0.6) is 17.4 Å². The molecule has 35 heavy (non-hydrogen) atoms. The Hall–Kier alpha value is -4.24. The first-order valence-corrected chi connectivity index (χ1v) is 10.6. The van der Waals surface area contributed by atoms with Gasteiger partial charge >= 0.3 is 11.9 Å². The van der Waals surface area contributed by atoms with E-state index in [1.54, 1.807) is 30.3 Å². The first-order valence-electron chi connectivity index (χ1n) is 9.74. The summed E-state index contributed by atoms with van der Waals surface area (Å²) in [4.78, 5) is 24.2. The van der Waals surface area contributed by atoms with Gasteiger partial charge in [0.05, 0.1) is 22.9 Å². The predicted octanol–water partition coefficient (Wildman–Crippen LogP) is 4.76. The summed E-state index contributed by atoms with van der Waals surface area (Å²) >= 11 is -0.0373. The average Bonchev–Trinajstić information content (AvgIpc) is 2.83. The third-order valence-corrected chi connectivity index (χ3v) is 5.63. The number of ether oxygens (including phenoxy) is 2. The van der Waals surface area contributed by atoms with Crippen LogP contribution >= 0.6 is 11.8 Å². The van der Waals surface area contributed by atoms with Crippen molar-refractivity contribution in [1.29, 1.82) is 5.26 Å². The number of carboxylic acids is 2. The SMILES string of the molecule is N#Cc1ccc(OCc2ccccc2)c(Oc2nc(F)c(F)c(SC(CC(=O)O)C(=O)O)c2F)c1. The van der Waals surface area contributed by atoms with Gasteiger partial charge in [0.15, 0.2) is 17.3 Å². The van der Waals surface area contributed by atoms with Crippen molar-refractivity contribution >= 4 is 23.7 Å². The Morgan fingerprint density at radius 1 is 1.06 bits per heavy atom. The number of nitriles is 1. The van der Waals surface area contributed by atoms with Gasteiger partial charge in [0.1, 0.15) is 11.9 Å². The number of nitrogens with zero attached hydrogens (tertiary/aromatic N) is 2. The van der Waals surface area contributed by atoms with E-state index in [0.29, 0.717) is 0 Å². The molecule has 3 rings (SSSR count). The van der Waals surface area contributed by atoms with Crippen molar-refractivity contribution in [2.45, 2.75) is 23.2 Å². The maximum Gasteiger partial charge on any atom is 0.317 e. The van der Waals surface area contributed by atoms with E-state index in [2.05, 4.69) is 4.98 Å². The van der Waals surface area contributed by atoms with Gasteiger partial charge in [-0.15, -0.1) is 11.8 Å². The number of halogens is 3. The highest BCUT2D eigenvalue weighted by atomic mass is 32.2. The minimum Gasteiger partial charge on any atom is -0.485 e. The zero-order chi connectivity index (χ0) is 25.5. The summed E-state index contributed by atoms with van der Waals surface area (Å²) in [7, 11) is 0. The van der Waals surface area contributed by atoms with Gasteiger partial charge in [-0.3, -0.25) is 9.59 Å². The minimum atomic E-state index is -1.82. The molecule has 12 heteroatoms. The van der Waals surface area contributed by atoms with Crippen LogP contribution in [0.4, 0.5) is 13.2 Å². The Bertz CT molecular complexity index is 1300. The van der Waals surface area contributed by atoms with Crippen LogP contribution in [-0.2, 0) is 16.2 Å². The molecular formula is C23H15F3N2O6S. The van der Waals surface area contributed by atoms with Crippen molar-refractivity contribution < 1.29 is 42.4 Å². The standard InChI is InChI=1S/C23H15F3N2O6S/c24-18-20(35-16(23(31)32)9-17(29)30)19(25)22(28-21(18)26)34-15-8-13(10-27)6-7-14(15)33-11-12-4-2-1-3-5-12/h1-8,16H,9,11H2,(H,29,30)(H,31,32). The van der Waals surface area contributed by atoms with Gasteiger partial charge in [-0.05, 0) is 17.7 Å². The van der Waals surface area contributed by atoms with Gasteiger partial charge in [0.2, 0.25) is 5.82 Å². The Balaban J connectivity index is 1.96. The molecule has 2 N–H and O–H groups in total. The number of hydrogen-bond donors (Lipinski definition) is 2. The summed E-state index contributed by atoms with van der Waals surface area (Å²) in [6.07, 6.45) is -0.985. The van der Waals surface area contributed by atoms with Gasteiger partial charge in [-0.2, -0.15) is 19.0 Å². The summed E-state index contributed by atoms with van der Waals surface area (Å²) in [5, 5.41) is 25.4. The monoisotopic (exact) mass is 504 g/mol. The van der Waals surface area contributed by atoms with E-state index >= 15 is 4.39 Å². The molecule has 0 spiro atoms. The Labute approximate surface area is 200 Å². The highest BCUT2D eigenvalue weighted by molar-refractivity contribution is 8.00. The molecule has 1 unspecified atom stereocenters. The van der Waals surface area contributed by atoms with Crippen molar-refractivity contribution in [3.63, 3.8) is 0 Å². The van der Waals surface area contributed by atoms with E-state index in [-0.39, 0.29) is 35.4 Å². The van der Waals surface area contributed by atoms with Gasteiger partial charge in [0, 0.05) is 6.07 Å². The molecule has 0 aliphatic carbocycles. The predicted molar refractivity (Wildman–Crippen MR) is 116 cm³/mol. The van der Waals surface area contributed by atoms with Crippen LogP contribution in [0.2, 0.25) is 0 Å². The smallest absolute Gasteiger partial charge is 0.317 e. The fraction of sp³-hybridized carbons (Fsp3) is 0.130. The van der Waals surface area contributed by atoms with Crippen LogP contribution in [0, 0.1) is 28.9 Å². The molecule has 180 valence electrons. The average molecular weight is 504 g/mol. The molecule has 2 aromatic carbocycles. The van der Waals surface area contributed by atoms with Crippen LogP contribution in [0.25, 0.3) is 0 Å². The number of carboxylic acid groups (broad SMARTS) is 2. The third kappa shape index (κ3) is 6.42. The summed E-state index contributed by atoms with van der Waals surface area (Å²) in [6.45, 7) is 0.0629. The summed E-state index contributed by atoms with van der Waals surface area (Å²) < 4.78 is 54.5. The minimum absolute atomic E-state index is 0.0299. The lowest BCUT2D eigenvalue weighted by Gasteiger charge is -2.15. The number of aromatic nitrogens is 1. The molecular weight excluding hydrogens is 489 g/mol. The lowest BCUT2D eigenvalue weighted by Crippen LogP contribution is -2.21.